The van der Waals surface area contributed by atoms with E-state index >= 15 is 0 Å². The van der Waals surface area contributed by atoms with Crippen LogP contribution < -0.4 is 14.9 Å². The summed E-state index contributed by atoms with van der Waals surface area (Å²) in [6, 6.07) is 7.05. The van der Waals surface area contributed by atoms with Gasteiger partial charge in [-0.3, -0.25) is 4.79 Å². The van der Waals surface area contributed by atoms with Gasteiger partial charge in [-0.2, -0.15) is 0 Å². The third-order valence-electron chi connectivity index (χ3n) is 7.22. The molecule has 43 heavy (non-hydrogen) atoms. The lowest BCUT2D eigenvalue weighted by molar-refractivity contribution is -0.277. The molecule has 10 N–H and O–H groups in total. The van der Waals surface area contributed by atoms with Crippen molar-refractivity contribution in [1.29, 1.82) is 0 Å². The van der Waals surface area contributed by atoms with Crippen molar-refractivity contribution < 1.29 is 74.4 Å². The second kappa shape index (κ2) is 12.2. The van der Waals surface area contributed by atoms with E-state index in [0.29, 0.717) is 0 Å². The number of rotatable bonds is 7. The van der Waals surface area contributed by atoms with Crippen LogP contribution in [0.15, 0.2) is 45.6 Å². The monoisotopic (exact) mass is 610 g/mol. The smallest absolute Gasteiger partial charge is 0.229 e. The summed E-state index contributed by atoms with van der Waals surface area (Å²) in [6.45, 7) is -1.37. The van der Waals surface area contributed by atoms with Crippen LogP contribution in [0.25, 0.3) is 22.3 Å². The number of ether oxygens (including phenoxy) is 4. The van der Waals surface area contributed by atoms with Crippen molar-refractivity contribution in [2.24, 2.45) is 0 Å². The van der Waals surface area contributed by atoms with E-state index in [4.69, 9.17) is 23.4 Å². The molecule has 2 fully saturated rings. The third kappa shape index (κ3) is 5.85. The average Bonchev–Trinajstić information content (AvgIpc) is 2.98. The zero-order valence-corrected chi connectivity index (χ0v) is 22.1. The molecule has 16 heteroatoms. The summed E-state index contributed by atoms with van der Waals surface area (Å²) >= 11 is 0. The molecule has 2 saturated heterocycles. The number of aromatic hydroxyl groups is 2. The summed E-state index contributed by atoms with van der Waals surface area (Å²) in [5, 5.41) is 99.9. The summed E-state index contributed by atoms with van der Waals surface area (Å²) in [4.78, 5) is 12.9. The maximum Gasteiger partial charge on any atom is 0.229 e. The lowest BCUT2D eigenvalue weighted by Gasteiger charge is -2.39. The molecule has 2 aliphatic heterocycles. The topological polar surface area (TPSA) is 269 Å². The number of aliphatic hydroxyl groups is 8. The fourth-order valence-electron chi connectivity index (χ4n) is 4.81. The van der Waals surface area contributed by atoms with E-state index in [1.54, 1.807) is 0 Å². The minimum absolute atomic E-state index is 0.0726. The molecule has 2 aliphatic rings. The van der Waals surface area contributed by atoms with Crippen LogP contribution in [0.3, 0.4) is 0 Å². The first-order chi connectivity index (χ1) is 20.4. The summed E-state index contributed by atoms with van der Waals surface area (Å²) < 4.78 is 27.3. The van der Waals surface area contributed by atoms with Crippen molar-refractivity contribution in [2.75, 3.05) is 13.2 Å². The van der Waals surface area contributed by atoms with E-state index < -0.39 is 91.6 Å². The van der Waals surface area contributed by atoms with Gasteiger partial charge in [-0.25, -0.2) is 0 Å². The highest BCUT2D eigenvalue weighted by molar-refractivity contribution is 5.86. The SMILES string of the molecule is O=c1cc(-c2ccc(O[C@H]3O[C@@H](CO)[C@H](O)[C@H](O)[C@@H]3O)c(O)c2)oc2cc(O[C@H]3O[C@@H](CO)[C@H](O)[C@H](O)[C@@H]3O)cc(O)c12. The number of hydrogen-bond donors (Lipinski definition) is 10. The van der Waals surface area contributed by atoms with Crippen molar-refractivity contribution in [2.45, 2.75) is 61.4 Å². The van der Waals surface area contributed by atoms with Crippen LogP contribution in [0.4, 0.5) is 0 Å². The molecule has 3 aromatic rings. The summed E-state index contributed by atoms with van der Waals surface area (Å²) in [6.07, 6.45) is -15.7. The Morgan fingerprint density at radius 2 is 1.26 bits per heavy atom. The highest BCUT2D eigenvalue weighted by Gasteiger charge is 2.46. The zero-order chi connectivity index (χ0) is 31.2. The molecule has 0 bridgehead atoms. The van der Waals surface area contributed by atoms with Gasteiger partial charge in [0, 0.05) is 23.8 Å². The van der Waals surface area contributed by atoms with Crippen LogP contribution in [-0.4, -0.2) is 126 Å². The number of hydrogen-bond acceptors (Lipinski definition) is 16. The van der Waals surface area contributed by atoms with Gasteiger partial charge in [0.25, 0.3) is 0 Å². The fraction of sp³-hybridized carbons (Fsp3) is 0.444. The van der Waals surface area contributed by atoms with Gasteiger partial charge in [0.1, 0.15) is 77.1 Å². The second-order valence-electron chi connectivity index (χ2n) is 10.1. The Morgan fingerprint density at radius 3 is 1.81 bits per heavy atom. The van der Waals surface area contributed by atoms with Crippen LogP contribution in [0.1, 0.15) is 0 Å². The molecule has 16 nitrogen and oxygen atoms in total. The molecule has 0 amide bonds. The van der Waals surface area contributed by atoms with E-state index in [2.05, 4.69) is 0 Å². The molecule has 1 aromatic heterocycles. The predicted octanol–water partition coefficient (Wildman–Crippen LogP) is -2.77. The molecule has 234 valence electrons. The molecule has 3 heterocycles. The Balaban J connectivity index is 1.41. The Morgan fingerprint density at radius 1 is 0.674 bits per heavy atom. The molecule has 0 saturated carbocycles. The molecule has 10 atom stereocenters. The fourth-order valence-corrected chi connectivity index (χ4v) is 4.81. The number of benzene rings is 2. The van der Waals surface area contributed by atoms with Crippen LogP contribution in [0, 0.1) is 0 Å². The standard InChI is InChI=1S/C27H30O16/c28-7-17-20(33)22(35)24(37)26(42-17)39-10-4-12(31)19-13(32)6-15(40-16(19)5-10)9-1-2-14(11(30)3-9)41-27-25(38)23(36)21(34)18(8-29)43-27/h1-6,17-18,20-31,33-38H,7-8H2/t17-,18-,20-,21-,22-,23-,24-,25-,26-,27-/m0/s1. The van der Waals surface area contributed by atoms with Gasteiger partial charge in [0.05, 0.1) is 13.2 Å². The highest BCUT2D eigenvalue weighted by atomic mass is 16.7. The summed E-state index contributed by atoms with van der Waals surface area (Å²) in [5.74, 6) is -1.51. The average molecular weight is 611 g/mol. The molecular formula is C27H30O16. The van der Waals surface area contributed by atoms with Gasteiger partial charge in [-0.1, -0.05) is 0 Å². The Bertz CT molecular complexity index is 1500. The number of phenolic OH excluding ortho intramolecular Hbond substituents is 2. The van der Waals surface area contributed by atoms with E-state index in [9.17, 15) is 55.9 Å². The van der Waals surface area contributed by atoms with Crippen molar-refractivity contribution in [3.63, 3.8) is 0 Å². The first-order valence-corrected chi connectivity index (χ1v) is 13.0. The van der Waals surface area contributed by atoms with Crippen LogP contribution in [-0.2, 0) is 9.47 Å². The Kier molecular flexibility index (Phi) is 8.77. The first-order valence-electron chi connectivity index (χ1n) is 13.0. The lowest BCUT2D eigenvalue weighted by Crippen LogP contribution is -2.60. The van der Waals surface area contributed by atoms with Crippen LogP contribution in [0.2, 0.25) is 0 Å². The summed E-state index contributed by atoms with van der Waals surface area (Å²) in [5.41, 5.74) is -0.685. The number of fused-ring (bicyclic) bond motifs is 1. The maximum atomic E-state index is 12.9. The number of aliphatic hydroxyl groups excluding tert-OH is 8. The Labute approximate surface area is 241 Å². The molecule has 0 aliphatic carbocycles. The van der Waals surface area contributed by atoms with Gasteiger partial charge < -0.3 is 74.4 Å². The molecule has 0 unspecified atom stereocenters. The molecule has 0 spiro atoms. The minimum Gasteiger partial charge on any atom is -0.507 e. The highest BCUT2D eigenvalue weighted by Crippen LogP contribution is 2.37. The van der Waals surface area contributed by atoms with Crippen molar-refractivity contribution >= 4 is 11.0 Å². The lowest BCUT2D eigenvalue weighted by atomic mass is 9.99. The van der Waals surface area contributed by atoms with E-state index in [1.165, 1.54) is 18.2 Å². The second-order valence-corrected chi connectivity index (χ2v) is 10.1. The van der Waals surface area contributed by atoms with E-state index in [0.717, 1.165) is 18.2 Å². The maximum absolute atomic E-state index is 12.9. The molecule has 0 radical (unpaired) electrons. The van der Waals surface area contributed by atoms with Gasteiger partial charge in [-0.15, -0.1) is 0 Å². The molecule has 5 rings (SSSR count). The first kappa shape index (κ1) is 30.9. The van der Waals surface area contributed by atoms with Gasteiger partial charge in [-0.05, 0) is 18.2 Å². The summed E-state index contributed by atoms with van der Waals surface area (Å²) in [7, 11) is 0. The zero-order valence-electron chi connectivity index (χ0n) is 22.1. The molecule has 2 aromatic carbocycles. The normalized spacial score (nSPS) is 32.9. The van der Waals surface area contributed by atoms with Crippen molar-refractivity contribution in [1.82, 2.24) is 0 Å². The van der Waals surface area contributed by atoms with Crippen LogP contribution >= 0.6 is 0 Å². The van der Waals surface area contributed by atoms with Crippen molar-refractivity contribution in [3.05, 3.63) is 46.6 Å². The number of phenols is 2. The predicted molar refractivity (Wildman–Crippen MR) is 140 cm³/mol. The molecular weight excluding hydrogens is 580 g/mol. The van der Waals surface area contributed by atoms with E-state index in [-0.39, 0.29) is 33.8 Å². The quantitative estimate of drug-likeness (QED) is 0.130. The van der Waals surface area contributed by atoms with Gasteiger partial charge >= 0.3 is 0 Å². The van der Waals surface area contributed by atoms with Gasteiger partial charge in [0.15, 0.2) is 16.9 Å². The van der Waals surface area contributed by atoms with Crippen molar-refractivity contribution in [3.8, 4) is 34.3 Å². The largest absolute Gasteiger partial charge is 0.507 e. The minimum atomic E-state index is -1.74. The Hall–Kier alpha value is -3.55. The third-order valence-corrected chi connectivity index (χ3v) is 7.22. The van der Waals surface area contributed by atoms with Gasteiger partial charge in [0.2, 0.25) is 12.6 Å². The van der Waals surface area contributed by atoms with Crippen LogP contribution in [0.5, 0.6) is 23.0 Å². The van der Waals surface area contributed by atoms with E-state index in [1.807, 2.05) is 0 Å².